The predicted molar refractivity (Wildman–Crippen MR) is 120 cm³/mol. The summed E-state index contributed by atoms with van der Waals surface area (Å²) in [6, 6.07) is 16.3. The third kappa shape index (κ3) is 4.13. The highest BCUT2D eigenvalue weighted by Gasteiger charge is 2.28. The van der Waals surface area contributed by atoms with E-state index in [-0.39, 0.29) is 11.8 Å². The molecule has 2 aromatic carbocycles. The highest BCUT2D eigenvalue weighted by atomic mass is 32.1. The maximum Gasteiger partial charge on any atom is 0.231 e. The lowest BCUT2D eigenvalue weighted by molar-refractivity contribution is -0.119. The molecule has 0 bridgehead atoms. The van der Waals surface area contributed by atoms with Crippen LogP contribution in [0.4, 0.5) is 5.13 Å². The van der Waals surface area contributed by atoms with Gasteiger partial charge in [0.25, 0.3) is 0 Å². The second-order valence-corrected chi connectivity index (χ2v) is 8.67. The molecule has 1 atom stereocenters. The van der Waals surface area contributed by atoms with E-state index < -0.39 is 0 Å². The number of rotatable bonds is 5. The number of fused-ring (bicyclic) bond motifs is 1. The van der Waals surface area contributed by atoms with Crippen LogP contribution >= 0.6 is 11.3 Å². The number of nitrogens with one attached hydrogen (secondary N) is 1. The molecule has 8 heteroatoms. The van der Waals surface area contributed by atoms with Crippen molar-refractivity contribution >= 4 is 32.6 Å². The molecule has 0 spiro atoms. The van der Waals surface area contributed by atoms with Gasteiger partial charge in [-0.2, -0.15) is 10.4 Å². The number of nitriles is 1. The van der Waals surface area contributed by atoms with Crippen molar-refractivity contribution in [3.05, 3.63) is 66.5 Å². The first kappa shape index (κ1) is 19.3. The minimum Gasteiger partial charge on any atom is -0.310 e. The van der Waals surface area contributed by atoms with Crippen molar-refractivity contribution in [2.24, 2.45) is 5.92 Å². The lowest BCUT2D eigenvalue weighted by atomic mass is 10.1. The Labute approximate surface area is 183 Å². The summed E-state index contributed by atoms with van der Waals surface area (Å²) in [5.74, 6) is -0.239. The topological polar surface area (TPSA) is 86.8 Å². The lowest BCUT2D eigenvalue weighted by Crippen LogP contribution is -2.25. The molecule has 1 N–H and O–H groups in total. The molecule has 1 saturated heterocycles. The van der Waals surface area contributed by atoms with E-state index in [1.165, 1.54) is 16.9 Å². The summed E-state index contributed by atoms with van der Waals surface area (Å²) >= 11 is 1.46. The van der Waals surface area contributed by atoms with E-state index in [1.807, 2.05) is 47.4 Å². The van der Waals surface area contributed by atoms with Gasteiger partial charge in [-0.1, -0.05) is 47.7 Å². The van der Waals surface area contributed by atoms with E-state index in [0.29, 0.717) is 24.6 Å². The van der Waals surface area contributed by atoms with Gasteiger partial charge in [0.15, 0.2) is 11.3 Å². The van der Waals surface area contributed by atoms with Gasteiger partial charge >= 0.3 is 0 Å². The normalized spacial score (nSPS) is 15.8. The van der Waals surface area contributed by atoms with E-state index in [2.05, 4.69) is 39.8 Å². The zero-order valence-electron chi connectivity index (χ0n) is 16.7. The summed E-state index contributed by atoms with van der Waals surface area (Å²) in [6.45, 7) is 1.84. The summed E-state index contributed by atoms with van der Waals surface area (Å²) in [7, 11) is 0. The molecule has 1 unspecified atom stereocenters. The van der Waals surface area contributed by atoms with Gasteiger partial charge in [-0.25, -0.2) is 4.98 Å². The van der Waals surface area contributed by atoms with Crippen LogP contribution in [0.5, 0.6) is 0 Å². The standard InChI is InChI=1S/C23H20N6OS/c24-15-28-9-8-18(13-28)22(30)27-23-26-20-7-6-17(10-21(20)31-23)19-11-25-29(14-19)12-16-4-2-1-3-5-16/h1-7,10-11,14,18H,8-9,12-13H2,(H,26,27,30). The van der Waals surface area contributed by atoms with Crippen LogP contribution < -0.4 is 5.32 Å². The molecule has 3 heterocycles. The Balaban J connectivity index is 1.31. The molecule has 154 valence electrons. The molecule has 1 aliphatic heterocycles. The van der Waals surface area contributed by atoms with E-state index in [0.717, 1.165) is 27.9 Å². The third-order valence-corrected chi connectivity index (χ3v) is 6.41. The van der Waals surface area contributed by atoms with E-state index in [9.17, 15) is 4.79 Å². The molecule has 0 aliphatic carbocycles. The van der Waals surface area contributed by atoms with Gasteiger partial charge in [0.1, 0.15) is 0 Å². The Hall–Kier alpha value is -3.70. The summed E-state index contributed by atoms with van der Waals surface area (Å²) < 4.78 is 2.94. The fourth-order valence-electron chi connectivity index (χ4n) is 3.80. The number of amides is 1. The Morgan fingerprint density at radius 3 is 2.90 bits per heavy atom. The maximum absolute atomic E-state index is 12.5. The van der Waals surface area contributed by atoms with Gasteiger partial charge < -0.3 is 10.2 Å². The maximum atomic E-state index is 12.5. The minimum atomic E-state index is -0.169. The highest BCUT2D eigenvalue weighted by molar-refractivity contribution is 7.22. The monoisotopic (exact) mass is 428 g/mol. The summed E-state index contributed by atoms with van der Waals surface area (Å²) in [5.41, 5.74) is 4.16. The quantitative estimate of drug-likeness (QED) is 0.487. The van der Waals surface area contributed by atoms with Crippen molar-refractivity contribution in [1.82, 2.24) is 19.7 Å². The van der Waals surface area contributed by atoms with Crippen LogP contribution in [0, 0.1) is 17.4 Å². The van der Waals surface area contributed by atoms with Gasteiger partial charge in [0, 0.05) is 24.8 Å². The number of aromatic nitrogens is 3. The number of hydrogen-bond acceptors (Lipinski definition) is 6. The van der Waals surface area contributed by atoms with Gasteiger partial charge in [-0.3, -0.25) is 9.48 Å². The van der Waals surface area contributed by atoms with Crippen molar-refractivity contribution in [2.45, 2.75) is 13.0 Å². The predicted octanol–water partition coefficient (Wildman–Crippen LogP) is 3.95. The van der Waals surface area contributed by atoms with Crippen LogP contribution in [-0.2, 0) is 11.3 Å². The second-order valence-electron chi connectivity index (χ2n) is 7.63. The number of benzene rings is 2. The first-order valence-electron chi connectivity index (χ1n) is 10.1. The molecule has 5 rings (SSSR count). The second kappa shape index (κ2) is 8.20. The van der Waals surface area contributed by atoms with Crippen LogP contribution in [-0.4, -0.2) is 38.7 Å². The molecule has 7 nitrogen and oxygen atoms in total. The molecule has 1 fully saturated rings. The Morgan fingerprint density at radius 2 is 2.10 bits per heavy atom. The largest absolute Gasteiger partial charge is 0.310 e. The number of nitrogens with zero attached hydrogens (tertiary/aromatic N) is 5. The van der Waals surface area contributed by atoms with Gasteiger partial charge in [0.05, 0.1) is 28.9 Å². The molecule has 1 amide bonds. The van der Waals surface area contributed by atoms with Crippen molar-refractivity contribution < 1.29 is 4.79 Å². The molecule has 31 heavy (non-hydrogen) atoms. The molecule has 1 aliphatic rings. The van der Waals surface area contributed by atoms with Crippen LogP contribution in [0.25, 0.3) is 21.3 Å². The molecule has 0 saturated carbocycles. The van der Waals surface area contributed by atoms with Gasteiger partial charge in [0.2, 0.25) is 5.91 Å². The average Bonchev–Trinajstić information content (AvgIpc) is 3.53. The van der Waals surface area contributed by atoms with Crippen molar-refractivity contribution in [1.29, 1.82) is 5.26 Å². The number of likely N-dealkylation sites (tertiary alicyclic amines) is 1. The molecular weight excluding hydrogens is 408 g/mol. The first-order chi connectivity index (χ1) is 15.2. The van der Waals surface area contributed by atoms with Crippen LogP contribution in [0.3, 0.4) is 0 Å². The van der Waals surface area contributed by atoms with Crippen molar-refractivity contribution in [3.8, 4) is 17.3 Å². The van der Waals surface area contributed by atoms with Crippen molar-refractivity contribution in [2.75, 3.05) is 18.4 Å². The highest BCUT2D eigenvalue weighted by Crippen LogP contribution is 2.31. The van der Waals surface area contributed by atoms with Crippen LogP contribution in [0.2, 0.25) is 0 Å². The van der Waals surface area contributed by atoms with Crippen molar-refractivity contribution in [3.63, 3.8) is 0 Å². The fourth-order valence-corrected chi connectivity index (χ4v) is 4.71. The zero-order chi connectivity index (χ0) is 21.2. The van der Waals surface area contributed by atoms with E-state index >= 15 is 0 Å². The molecule has 4 aromatic rings. The SMILES string of the molecule is N#CN1CCC(C(=O)Nc2nc3ccc(-c4cnn(Cc5ccccc5)c4)cc3s2)C1. The van der Waals surface area contributed by atoms with Gasteiger partial charge in [-0.15, -0.1) is 0 Å². The Bertz CT molecular complexity index is 1270. The Kier molecular flexibility index (Phi) is 5.10. The Morgan fingerprint density at radius 1 is 1.23 bits per heavy atom. The number of anilines is 1. The molecule has 0 radical (unpaired) electrons. The number of hydrogen-bond donors (Lipinski definition) is 1. The number of carbonyl (C=O) groups is 1. The third-order valence-electron chi connectivity index (χ3n) is 5.47. The minimum absolute atomic E-state index is 0.0702. The summed E-state index contributed by atoms with van der Waals surface area (Å²) in [4.78, 5) is 18.7. The van der Waals surface area contributed by atoms with E-state index in [4.69, 9.17) is 5.26 Å². The van der Waals surface area contributed by atoms with Crippen LogP contribution in [0.1, 0.15) is 12.0 Å². The lowest BCUT2D eigenvalue weighted by Gasteiger charge is -2.08. The summed E-state index contributed by atoms with van der Waals surface area (Å²) in [6.07, 6.45) is 6.71. The number of thiazole rings is 1. The summed E-state index contributed by atoms with van der Waals surface area (Å²) in [5, 5.41) is 17.0. The average molecular weight is 429 g/mol. The molecule has 2 aromatic heterocycles. The number of carbonyl (C=O) groups excluding carboxylic acids is 1. The van der Waals surface area contributed by atoms with Crippen LogP contribution in [0.15, 0.2) is 60.9 Å². The smallest absolute Gasteiger partial charge is 0.231 e. The fraction of sp³-hybridized carbons (Fsp3) is 0.217. The van der Waals surface area contributed by atoms with E-state index in [1.54, 1.807) is 4.90 Å². The zero-order valence-corrected chi connectivity index (χ0v) is 17.5. The van der Waals surface area contributed by atoms with Gasteiger partial charge in [-0.05, 0) is 29.7 Å². The molecular formula is C23H20N6OS. The first-order valence-corrected chi connectivity index (χ1v) is 10.9.